The topological polar surface area (TPSA) is 41.6 Å². The molecule has 3 heteroatoms. The normalized spacial score (nSPS) is 18.2. The number of hydrogen-bond acceptors (Lipinski definition) is 3. The van der Waals surface area contributed by atoms with Crippen LogP contribution in [0.2, 0.25) is 0 Å². The number of nitrogens with two attached hydrogens (primary N) is 1. The number of anilines is 1. The van der Waals surface area contributed by atoms with Gasteiger partial charge in [0, 0.05) is 18.3 Å². The van der Waals surface area contributed by atoms with Crippen LogP contribution in [0, 0.1) is 0 Å². The monoisotopic (exact) mass is 237 g/mol. The smallest absolute Gasteiger partial charge is 0.149 e. The van der Waals surface area contributed by atoms with Gasteiger partial charge in [-0.05, 0) is 17.7 Å². The summed E-state index contributed by atoms with van der Waals surface area (Å²) in [4.78, 5) is 6.75. The number of aliphatic imine (C=N–C) groups is 1. The summed E-state index contributed by atoms with van der Waals surface area (Å²) in [5.41, 5.74) is 9.34. The molecule has 2 aromatic carbocycles. The summed E-state index contributed by atoms with van der Waals surface area (Å²) in [5, 5.41) is 0. The fourth-order valence-electron chi connectivity index (χ4n) is 2.34. The molecule has 1 atom stereocenters. The molecular formula is C15H15N3. The van der Waals surface area contributed by atoms with Gasteiger partial charge in [0.1, 0.15) is 12.0 Å². The fraction of sp³-hybridized carbons (Fsp3) is 0.133. The number of fused-ring (bicyclic) bond motifs is 1. The van der Waals surface area contributed by atoms with Crippen LogP contribution in [-0.2, 0) is 0 Å². The van der Waals surface area contributed by atoms with E-state index in [2.05, 4.69) is 28.1 Å². The van der Waals surface area contributed by atoms with Gasteiger partial charge in [-0.15, -0.1) is 0 Å². The molecule has 1 unspecified atom stereocenters. The molecule has 0 aliphatic carbocycles. The van der Waals surface area contributed by atoms with Crippen LogP contribution in [0.3, 0.4) is 0 Å². The maximum absolute atomic E-state index is 6.06. The first-order valence-electron chi connectivity index (χ1n) is 5.98. The van der Waals surface area contributed by atoms with E-state index in [1.165, 1.54) is 0 Å². The number of amidine groups is 1. The van der Waals surface area contributed by atoms with Gasteiger partial charge in [0.2, 0.25) is 0 Å². The summed E-state index contributed by atoms with van der Waals surface area (Å²) in [6.45, 7) is 0. The highest BCUT2D eigenvalue weighted by molar-refractivity contribution is 6.04. The highest BCUT2D eigenvalue weighted by Crippen LogP contribution is 2.33. The molecule has 2 N–H and O–H groups in total. The standard InChI is InChI=1S/C15H15N3/c1-18-13-10-6-5-9-12(13)14(16)17-15(18)11-7-3-2-4-8-11/h2-10,15H,1H3,(H2,16,17). The Kier molecular flexibility index (Phi) is 2.52. The minimum atomic E-state index is -0.0406. The third kappa shape index (κ3) is 1.64. The summed E-state index contributed by atoms with van der Waals surface area (Å²) >= 11 is 0. The van der Waals surface area contributed by atoms with Crippen molar-refractivity contribution in [2.45, 2.75) is 6.17 Å². The maximum atomic E-state index is 6.06. The highest BCUT2D eigenvalue weighted by Gasteiger charge is 2.24. The highest BCUT2D eigenvalue weighted by atomic mass is 15.3. The molecule has 0 radical (unpaired) electrons. The molecule has 0 spiro atoms. The first-order valence-corrected chi connectivity index (χ1v) is 5.98. The van der Waals surface area contributed by atoms with Crippen LogP contribution < -0.4 is 10.6 Å². The zero-order chi connectivity index (χ0) is 12.5. The predicted octanol–water partition coefficient (Wildman–Crippen LogP) is 2.54. The number of rotatable bonds is 1. The van der Waals surface area contributed by atoms with Crippen molar-refractivity contribution in [3.05, 3.63) is 65.7 Å². The van der Waals surface area contributed by atoms with E-state index < -0.39 is 0 Å². The van der Waals surface area contributed by atoms with E-state index >= 15 is 0 Å². The van der Waals surface area contributed by atoms with Gasteiger partial charge >= 0.3 is 0 Å². The van der Waals surface area contributed by atoms with Gasteiger partial charge in [0.25, 0.3) is 0 Å². The van der Waals surface area contributed by atoms with Crippen molar-refractivity contribution in [1.82, 2.24) is 0 Å². The molecule has 0 amide bonds. The van der Waals surface area contributed by atoms with Crippen molar-refractivity contribution >= 4 is 11.5 Å². The first kappa shape index (κ1) is 10.8. The lowest BCUT2D eigenvalue weighted by atomic mass is 10.1. The minimum Gasteiger partial charge on any atom is -0.383 e. The van der Waals surface area contributed by atoms with Crippen molar-refractivity contribution in [2.75, 3.05) is 11.9 Å². The van der Waals surface area contributed by atoms with E-state index in [-0.39, 0.29) is 6.17 Å². The lowest BCUT2D eigenvalue weighted by molar-refractivity contribution is 0.697. The Hall–Kier alpha value is -2.29. The number of benzene rings is 2. The number of nitrogens with zero attached hydrogens (tertiary/aromatic N) is 2. The second-order valence-corrected chi connectivity index (χ2v) is 4.43. The van der Waals surface area contributed by atoms with Crippen LogP contribution in [-0.4, -0.2) is 12.9 Å². The minimum absolute atomic E-state index is 0.0406. The largest absolute Gasteiger partial charge is 0.383 e. The SMILES string of the molecule is CN1c2ccccc2C(N)=NC1c1ccccc1. The Morgan fingerprint density at radius 3 is 2.44 bits per heavy atom. The summed E-state index contributed by atoms with van der Waals surface area (Å²) in [5.74, 6) is 0.609. The van der Waals surface area contributed by atoms with Crippen LogP contribution in [0.1, 0.15) is 17.3 Å². The van der Waals surface area contributed by atoms with Crippen LogP contribution in [0.4, 0.5) is 5.69 Å². The molecule has 0 saturated carbocycles. The molecule has 0 saturated heterocycles. The predicted molar refractivity (Wildman–Crippen MR) is 74.8 cm³/mol. The van der Waals surface area contributed by atoms with E-state index in [1.807, 2.05) is 43.4 Å². The van der Waals surface area contributed by atoms with Gasteiger partial charge < -0.3 is 10.6 Å². The molecule has 1 aliphatic rings. The van der Waals surface area contributed by atoms with Crippen LogP contribution in [0.25, 0.3) is 0 Å². The van der Waals surface area contributed by atoms with Crippen LogP contribution in [0.15, 0.2) is 59.6 Å². The Morgan fingerprint density at radius 2 is 1.67 bits per heavy atom. The van der Waals surface area contributed by atoms with Crippen LogP contribution in [0.5, 0.6) is 0 Å². The van der Waals surface area contributed by atoms with E-state index in [0.29, 0.717) is 5.84 Å². The molecular weight excluding hydrogens is 222 g/mol. The van der Waals surface area contributed by atoms with E-state index in [0.717, 1.165) is 16.8 Å². The molecule has 0 fully saturated rings. The van der Waals surface area contributed by atoms with Gasteiger partial charge in [-0.3, -0.25) is 0 Å². The zero-order valence-corrected chi connectivity index (χ0v) is 10.2. The Bertz CT molecular complexity index is 590. The third-order valence-corrected chi connectivity index (χ3v) is 3.29. The molecule has 90 valence electrons. The van der Waals surface area contributed by atoms with Gasteiger partial charge in [-0.2, -0.15) is 0 Å². The number of para-hydroxylation sites is 1. The molecule has 3 nitrogen and oxygen atoms in total. The van der Waals surface area contributed by atoms with Gasteiger partial charge in [0.05, 0.1) is 0 Å². The quantitative estimate of drug-likeness (QED) is 0.828. The second-order valence-electron chi connectivity index (χ2n) is 4.43. The van der Waals surface area contributed by atoms with E-state index in [4.69, 9.17) is 5.73 Å². The average molecular weight is 237 g/mol. The molecule has 3 rings (SSSR count). The molecule has 2 aromatic rings. The molecule has 0 aromatic heterocycles. The summed E-state index contributed by atoms with van der Waals surface area (Å²) < 4.78 is 0. The van der Waals surface area contributed by atoms with Crippen LogP contribution >= 0.6 is 0 Å². The van der Waals surface area contributed by atoms with Gasteiger partial charge in [-0.1, -0.05) is 42.5 Å². The average Bonchev–Trinajstić information content (AvgIpc) is 2.44. The van der Waals surface area contributed by atoms with Crippen molar-refractivity contribution in [2.24, 2.45) is 10.7 Å². The van der Waals surface area contributed by atoms with Gasteiger partial charge in [-0.25, -0.2) is 4.99 Å². The first-order chi connectivity index (χ1) is 8.77. The lowest BCUT2D eigenvalue weighted by Crippen LogP contribution is -2.32. The molecule has 1 heterocycles. The van der Waals surface area contributed by atoms with E-state index in [9.17, 15) is 0 Å². The van der Waals surface area contributed by atoms with Crippen molar-refractivity contribution in [1.29, 1.82) is 0 Å². The summed E-state index contributed by atoms with van der Waals surface area (Å²) in [7, 11) is 2.05. The summed E-state index contributed by atoms with van der Waals surface area (Å²) in [6.07, 6.45) is -0.0406. The van der Waals surface area contributed by atoms with Crippen molar-refractivity contribution in [3.63, 3.8) is 0 Å². The molecule has 18 heavy (non-hydrogen) atoms. The zero-order valence-electron chi connectivity index (χ0n) is 10.2. The number of hydrogen-bond donors (Lipinski definition) is 1. The van der Waals surface area contributed by atoms with Gasteiger partial charge in [0.15, 0.2) is 0 Å². The molecule has 0 bridgehead atoms. The second kappa shape index (κ2) is 4.18. The fourth-order valence-corrected chi connectivity index (χ4v) is 2.34. The Morgan fingerprint density at radius 1 is 1.00 bits per heavy atom. The third-order valence-electron chi connectivity index (χ3n) is 3.29. The van der Waals surface area contributed by atoms with E-state index in [1.54, 1.807) is 0 Å². The summed E-state index contributed by atoms with van der Waals surface area (Å²) in [6, 6.07) is 18.3. The lowest BCUT2D eigenvalue weighted by Gasteiger charge is -2.33. The Balaban J connectivity index is 2.09. The maximum Gasteiger partial charge on any atom is 0.149 e. The van der Waals surface area contributed by atoms with Crippen molar-refractivity contribution in [3.8, 4) is 0 Å². The van der Waals surface area contributed by atoms with Crippen molar-refractivity contribution < 1.29 is 0 Å². The Labute approximate surface area is 107 Å². The molecule has 1 aliphatic heterocycles.